The molecule has 2 aromatic heterocycles. The van der Waals surface area contributed by atoms with E-state index in [4.69, 9.17) is 10.5 Å². The van der Waals surface area contributed by atoms with Gasteiger partial charge in [0.15, 0.2) is 11.6 Å². The van der Waals surface area contributed by atoms with E-state index in [0.29, 0.717) is 12.2 Å². The van der Waals surface area contributed by atoms with Crippen molar-refractivity contribution in [1.82, 2.24) is 9.97 Å². The molecular formula is C15H14ClF2N3O. The first-order chi connectivity index (χ1) is 10.2. The maximum Gasteiger partial charge on any atom is 0.213 e. The predicted molar refractivity (Wildman–Crippen MR) is 81.9 cm³/mol. The summed E-state index contributed by atoms with van der Waals surface area (Å²) in [4.78, 5) is 6.73. The second-order valence-electron chi connectivity index (χ2n) is 4.61. The number of nitrogens with zero attached hydrogens (tertiary/aromatic N) is 1. The van der Waals surface area contributed by atoms with Gasteiger partial charge in [0.05, 0.1) is 5.69 Å². The zero-order valence-electron chi connectivity index (χ0n) is 11.5. The average Bonchev–Trinajstić information content (AvgIpc) is 2.86. The number of hydrogen-bond acceptors (Lipinski definition) is 3. The molecule has 0 atom stereocenters. The molecule has 0 fully saturated rings. The molecular weight excluding hydrogens is 312 g/mol. The minimum atomic E-state index is -0.594. The number of ether oxygens (including phenoxy) is 1. The summed E-state index contributed by atoms with van der Waals surface area (Å²) < 4.78 is 32.3. The first-order valence-electron chi connectivity index (χ1n) is 6.41. The normalized spacial score (nSPS) is 10.5. The number of aromatic nitrogens is 2. The highest BCUT2D eigenvalue weighted by Crippen LogP contribution is 2.25. The molecule has 0 aliphatic heterocycles. The molecule has 3 N–H and O–H groups in total. The number of pyridine rings is 1. The summed E-state index contributed by atoms with van der Waals surface area (Å²) in [6.07, 6.45) is 0. The van der Waals surface area contributed by atoms with Gasteiger partial charge in [-0.1, -0.05) is 6.07 Å². The lowest BCUT2D eigenvalue weighted by molar-refractivity contribution is 0.285. The molecule has 0 saturated carbocycles. The summed E-state index contributed by atoms with van der Waals surface area (Å²) in [5, 5.41) is 0.726. The third-order valence-corrected chi connectivity index (χ3v) is 3.10. The fourth-order valence-corrected chi connectivity index (χ4v) is 2.10. The predicted octanol–water partition coefficient (Wildman–Crippen LogP) is 3.30. The monoisotopic (exact) mass is 325 g/mol. The lowest BCUT2D eigenvalue weighted by atomic mass is 10.2. The smallest absolute Gasteiger partial charge is 0.213 e. The van der Waals surface area contributed by atoms with Crippen LogP contribution in [0.2, 0.25) is 0 Å². The zero-order valence-corrected chi connectivity index (χ0v) is 12.3. The number of fused-ring (bicyclic) bond motifs is 1. The van der Waals surface area contributed by atoms with Crippen molar-refractivity contribution < 1.29 is 13.5 Å². The SMILES string of the molecule is Cl.NCc1cc2cc(F)c(OCc3cccc(F)n3)cc2[nH]1. The summed E-state index contributed by atoms with van der Waals surface area (Å²) in [5.41, 5.74) is 7.48. The second kappa shape index (κ2) is 6.72. The van der Waals surface area contributed by atoms with Gasteiger partial charge in [-0.2, -0.15) is 4.39 Å². The van der Waals surface area contributed by atoms with E-state index in [0.717, 1.165) is 16.6 Å². The third kappa shape index (κ3) is 3.35. The number of nitrogens with one attached hydrogen (secondary N) is 1. The van der Waals surface area contributed by atoms with E-state index in [9.17, 15) is 8.78 Å². The lowest BCUT2D eigenvalue weighted by Gasteiger charge is -2.07. The van der Waals surface area contributed by atoms with Crippen molar-refractivity contribution in [1.29, 1.82) is 0 Å². The maximum absolute atomic E-state index is 14.0. The van der Waals surface area contributed by atoms with Crippen LogP contribution >= 0.6 is 12.4 Å². The van der Waals surface area contributed by atoms with Gasteiger partial charge in [0.25, 0.3) is 0 Å². The van der Waals surface area contributed by atoms with E-state index < -0.39 is 11.8 Å². The van der Waals surface area contributed by atoms with Gasteiger partial charge in [-0.15, -0.1) is 12.4 Å². The van der Waals surface area contributed by atoms with E-state index in [1.165, 1.54) is 18.2 Å². The van der Waals surface area contributed by atoms with Crippen LogP contribution in [0.25, 0.3) is 10.9 Å². The van der Waals surface area contributed by atoms with E-state index in [1.807, 2.05) is 0 Å². The molecule has 22 heavy (non-hydrogen) atoms. The Labute approximate surface area is 131 Å². The van der Waals surface area contributed by atoms with Gasteiger partial charge < -0.3 is 15.5 Å². The van der Waals surface area contributed by atoms with E-state index in [-0.39, 0.29) is 24.8 Å². The van der Waals surface area contributed by atoms with Crippen molar-refractivity contribution in [3.8, 4) is 5.75 Å². The lowest BCUT2D eigenvalue weighted by Crippen LogP contribution is -2.00. The van der Waals surface area contributed by atoms with Crippen LogP contribution in [0.5, 0.6) is 5.75 Å². The molecule has 116 valence electrons. The minimum Gasteiger partial charge on any atom is -0.484 e. The molecule has 0 saturated heterocycles. The van der Waals surface area contributed by atoms with Crippen molar-refractivity contribution in [2.24, 2.45) is 5.73 Å². The maximum atomic E-state index is 14.0. The number of halogens is 3. The topological polar surface area (TPSA) is 63.9 Å². The van der Waals surface area contributed by atoms with Crippen LogP contribution in [-0.2, 0) is 13.2 Å². The molecule has 3 rings (SSSR count). The summed E-state index contributed by atoms with van der Waals surface area (Å²) in [5.74, 6) is -0.996. The molecule has 0 radical (unpaired) electrons. The Morgan fingerprint density at radius 3 is 2.73 bits per heavy atom. The highest BCUT2D eigenvalue weighted by atomic mass is 35.5. The van der Waals surface area contributed by atoms with Crippen molar-refractivity contribution in [2.75, 3.05) is 0 Å². The molecule has 0 amide bonds. The molecule has 0 aliphatic carbocycles. The van der Waals surface area contributed by atoms with Crippen LogP contribution in [0.4, 0.5) is 8.78 Å². The zero-order chi connectivity index (χ0) is 14.8. The van der Waals surface area contributed by atoms with Gasteiger partial charge in [0.2, 0.25) is 5.95 Å². The summed E-state index contributed by atoms with van der Waals surface area (Å²) in [7, 11) is 0. The minimum absolute atomic E-state index is 0. The van der Waals surface area contributed by atoms with Crippen molar-refractivity contribution >= 4 is 23.3 Å². The molecule has 7 heteroatoms. The van der Waals surface area contributed by atoms with Gasteiger partial charge in [0.1, 0.15) is 6.61 Å². The Hall–Kier alpha value is -2.18. The van der Waals surface area contributed by atoms with E-state index >= 15 is 0 Å². The number of H-pyrrole nitrogens is 1. The van der Waals surface area contributed by atoms with Crippen molar-refractivity contribution in [2.45, 2.75) is 13.2 Å². The first-order valence-corrected chi connectivity index (χ1v) is 6.41. The third-order valence-electron chi connectivity index (χ3n) is 3.10. The average molecular weight is 326 g/mol. The second-order valence-corrected chi connectivity index (χ2v) is 4.61. The molecule has 0 unspecified atom stereocenters. The summed E-state index contributed by atoms with van der Waals surface area (Å²) >= 11 is 0. The Morgan fingerprint density at radius 1 is 1.18 bits per heavy atom. The van der Waals surface area contributed by atoms with Crippen molar-refractivity contribution in [3.63, 3.8) is 0 Å². The molecule has 3 aromatic rings. The molecule has 0 aliphatic rings. The van der Waals surface area contributed by atoms with E-state index in [2.05, 4.69) is 9.97 Å². The van der Waals surface area contributed by atoms with Crippen molar-refractivity contribution in [3.05, 3.63) is 59.6 Å². The number of aromatic amines is 1. The quantitative estimate of drug-likeness (QED) is 0.723. The van der Waals surface area contributed by atoms with Crippen LogP contribution < -0.4 is 10.5 Å². The number of benzene rings is 1. The fraction of sp³-hybridized carbons (Fsp3) is 0.133. The number of nitrogens with two attached hydrogens (primary N) is 1. The summed E-state index contributed by atoms with van der Waals surface area (Å²) in [6.45, 7) is 0.338. The fourth-order valence-electron chi connectivity index (χ4n) is 2.10. The van der Waals surface area contributed by atoms with Crippen LogP contribution in [-0.4, -0.2) is 9.97 Å². The van der Waals surface area contributed by atoms with Crippen LogP contribution in [0.1, 0.15) is 11.4 Å². The molecule has 2 heterocycles. The molecule has 1 aromatic carbocycles. The van der Waals surface area contributed by atoms with Crippen LogP contribution in [0, 0.1) is 11.8 Å². The molecule has 0 bridgehead atoms. The standard InChI is InChI=1S/C15H13F2N3O.ClH/c16-12-5-9-4-11(7-18)19-13(9)6-14(12)21-8-10-2-1-3-15(17)20-10;/h1-6,19H,7-8,18H2;1H. The Kier molecular flexibility index (Phi) is 4.95. The molecule has 0 spiro atoms. The highest BCUT2D eigenvalue weighted by Gasteiger charge is 2.09. The van der Waals surface area contributed by atoms with Gasteiger partial charge in [-0.25, -0.2) is 9.37 Å². The van der Waals surface area contributed by atoms with Gasteiger partial charge in [0, 0.05) is 29.2 Å². The van der Waals surface area contributed by atoms with Crippen LogP contribution in [0.15, 0.2) is 36.4 Å². The Balaban J connectivity index is 0.00000176. The molecule has 4 nitrogen and oxygen atoms in total. The summed E-state index contributed by atoms with van der Waals surface area (Å²) in [6, 6.07) is 9.10. The largest absolute Gasteiger partial charge is 0.484 e. The Bertz CT molecular complexity index is 792. The number of rotatable bonds is 4. The number of hydrogen-bond donors (Lipinski definition) is 2. The van der Waals surface area contributed by atoms with Gasteiger partial charge in [-0.3, -0.25) is 0 Å². The van der Waals surface area contributed by atoms with E-state index in [1.54, 1.807) is 18.2 Å². The van der Waals surface area contributed by atoms with Gasteiger partial charge >= 0.3 is 0 Å². The van der Waals surface area contributed by atoms with Crippen LogP contribution in [0.3, 0.4) is 0 Å². The van der Waals surface area contributed by atoms with Gasteiger partial charge in [-0.05, 0) is 24.3 Å². The highest BCUT2D eigenvalue weighted by molar-refractivity contribution is 5.85. The first kappa shape index (κ1) is 16.2. The Morgan fingerprint density at radius 2 is 2.00 bits per heavy atom.